The number of ether oxygens (including phenoxy) is 1. The molecule has 1 aromatic carbocycles. The fraction of sp³-hybridized carbons (Fsp3) is 0.538. The molecule has 0 saturated carbocycles. The molecule has 15 heavy (non-hydrogen) atoms. The summed E-state index contributed by atoms with van der Waals surface area (Å²) in [5.74, 6) is 1.52. The highest BCUT2D eigenvalue weighted by atomic mass is 16.5. The molecule has 0 aliphatic carbocycles. The van der Waals surface area contributed by atoms with E-state index in [-0.39, 0.29) is 0 Å². The van der Waals surface area contributed by atoms with Crippen LogP contribution in [0.1, 0.15) is 29.5 Å². The lowest BCUT2D eigenvalue weighted by molar-refractivity contribution is 0.411. The maximum absolute atomic E-state index is 5.30. The molecule has 0 saturated heterocycles. The van der Waals surface area contributed by atoms with Crippen molar-refractivity contribution >= 4 is 0 Å². The number of hydrogen-bond donors (Lipinski definition) is 1. The van der Waals surface area contributed by atoms with Gasteiger partial charge < -0.3 is 10.1 Å². The molecule has 1 rings (SSSR count). The smallest absolute Gasteiger partial charge is 0.122 e. The summed E-state index contributed by atoms with van der Waals surface area (Å²) in [6.07, 6.45) is 0. The Morgan fingerprint density at radius 3 is 2.47 bits per heavy atom. The van der Waals surface area contributed by atoms with E-state index >= 15 is 0 Å². The number of methoxy groups -OCH3 is 1. The number of likely N-dealkylation sites (N-methyl/N-ethyl adjacent to an activating group) is 1. The molecule has 0 bridgehead atoms. The van der Waals surface area contributed by atoms with E-state index in [4.69, 9.17) is 4.74 Å². The zero-order valence-electron chi connectivity index (χ0n) is 10.3. The second-order valence-corrected chi connectivity index (χ2v) is 4.14. The summed E-state index contributed by atoms with van der Waals surface area (Å²) in [5.41, 5.74) is 3.92. The van der Waals surface area contributed by atoms with Gasteiger partial charge in [0.15, 0.2) is 0 Å². The van der Waals surface area contributed by atoms with E-state index in [1.54, 1.807) is 7.11 Å². The molecule has 1 atom stereocenters. The first kappa shape index (κ1) is 12.1. The lowest BCUT2D eigenvalue weighted by Gasteiger charge is -2.16. The number of hydrogen-bond acceptors (Lipinski definition) is 2. The van der Waals surface area contributed by atoms with Gasteiger partial charge in [-0.2, -0.15) is 0 Å². The topological polar surface area (TPSA) is 21.3 Å². The molecule has 1 unspecified atom stereocenters. The van der Waals surface area contributed by atoms with E-state index in [1.807, 2.05) is 7.05 Å². The van der Waals surface area contributed by atoms with E-state index in [0.717, 1.165) is 12.3 Å². The normalized spacial score (nSPS) is 12.6. The van der Waals surface area contributed by atoms with Crippen LogP contribution in [0.3, 0.4) is 0 Å². The van der Waals surface area contributed by atoms with E-state index in [0.29, 0.717) is 5.92 Å². The first-order chi connectivity index (χ1) is 7.10. The Labute approximate surface area is 92.6 Å². The van der Waals surface area contributed by atoms with Crippen molar-refractivity contribution in [2.75, 3.05) is 20.7 Å². The van der Waals surface area contributed by atoms with Crippen LogP contribution >= 0.6 is 0 Å². The number of nitrogens with one attached hydrogen (secondary N) is 1. The SMILES string of the molecule is CNCC(C)c1cc(C)c(OC)cc1C. The van der Waals surface area contributed by atoms with E-state index in [9.17, 15) is 0 Å². The molecule has 2 nitrogen and oxygen atoms in total. The van der Waals surface area contributed by atoms with Crippen LogP contribution in [0.15, 0.2) is 12.1 Å². The second-order valence-electron chi connectivity index (χ2n) is 4.14. The summed E-state index contributed by atoms with van der Waals surface area (Å²) < 4.78 is 5.30. The van der Waals surface area contributed by atoms with Gasteiger partial charge in [-0.05, 0) is 49.6 Å². The summed E-state index contributed by atoms with van der Waals surface area (Å²) >= 11 is 0. The van der Waals surface area contributed by atoms with Gasteiger partial charge in [-0.15, -0.1) is 0 Å². The third-order valence-corrected chi connectivity index (χ3v) is 2.82. The number of rotatable bonds is 4. The zero-order valence-corrected chi connectivity index (χ0v) is 10.3. The molecule has 1 N–H and O–H groups in total. The van der Waals surface area contributed by atoms with Crippen LogP contribution in [0.25, 0.3) is 0 Å². The highest BCUT2D eigenvalue weighted by molar-refractivity contribution is 5.42. The Morgan fingerprint density at radius 2 is 1.93 bits per heavy atom. The van der Waals surface area contributed by atoms with Crippen LogP contribution in [0.4, 0.5) is 0 Å². The van der Waals surface area contributed by atoms with Crippen molar-refractivity contribution in [3.63, 3.8) is 0 Å². The molecule has 0 heterocycles. The van der Waals surface area contributed by atoms with Crippen LogP contribution in [-0.2, 0) is 0 Å². The molecule has 1 aromatic rings. The summed E-state index contributed by atoms with van der Waals surface area (Å²) in [6, 6.07) is 4.35. The lowest BCUT2D eigenvalue weighted by atomic mass is 9.94. The van der Waals surface area contributed by atoms with E-state index in [2.05, 4.69) is 38.2 Å². The van der Waals surface area contributed by atoms with Crippen molar-refractivity contribution in [2.24, 2.45) is 0 Å². The number of aryl methyl sites for hydroxylation is 2. The maximum atomic E-state index is 5.30. The third-order valence-electron chi connectivity index (χ3n) is 2.82. The van der Waals surface area contributed by atoms with Crippen LogP contribution in [0, 0.1) is 13.8 Å². The fourth-order valence-corrected chi connectivity index (χ4v) is 1.98. The van der Waals surface area contributed by atoms with Crippen molar-refractivity contribution in [2.45, 2.75) is 26.7 Å². The standard InChI is InChI=1S/C13H21NO/c1-9-7-13(15-5)10(2)6-12(9)11(3)8-14-4/h6-7,11,14H,8H2,1-5H3. The van der Waals surface area contributed by atoms with E-state index < -0.39 is 0 Å². The number of benzene rings is 1. The Balaban J connectivity index is 3.04. The van der Waals surface area contributed by atoms with Gasteiger partial charge in [-0.3, -0.25) is 0 Å². The first-order valence-corrected chi connectivity index (χ1v) is 5.39. The van der Waals surface area contributed by atoms with Gasteiger partial charge >= 0.3 is 0 Å². The van der Waals surface area contributed by atoms with Gasteiger partial charge in [0.25, 0.3) is 0 Å². The highest BCUT2D eigenvalue weighted by Gasteiger charge is 2.10. The van der Waals surface area contributed by atoms with Crippen molar-refractivity contribution < 1.29 is 4.74 Å². The molecule has 0 aliphatic rings. The molecule has 2 heteroatoms. The zero-order chi connectivity index (χ0) is 11.4. The van der Waals surface area contributed by atoms with Crippen LogP contribution < -0.4 is 10.1 Å². The molecule has 0 fully saturated rings. The molecule has 0 radical (unpaired) electrons. The molecule has 84 valence electrons. The third kappa shape index (κ3) is 2.72. The monoisotopic (exact) mass is 207 g/mol. The van der Waals surface area contributed by atoms with Gasteiger partial charge in [0, 0.05) is 6.54 Å². The Bertz CT molecular complexity index is 334. The largest absolute Gasteiger partial charge is 0.496 e. The molecule has 0 aliphatic heterocycles. The van der Waals surface area contributed by atoms with Crippen molar-refractivity contribution in [3.8, 4) is 5.75 Å². The molecule has 0 amide bonds. The highest BCUT2D eigenvalue weighted by Crippen LogP contribution is 2.27. The van der Waals surface area contributed by atoms with Crippen LogP contribution in [0.2, 0.25) is 0 Å². The lowest BCUT2D eigenvalue weighted by Crippen LogP contribution is -2.15. The predicted molar refractivity (Wildman–Crippen MR) is 64.8 cm³/mol. The minimum Gasteiger partial charge on any atom is -0.496 e. The van der Waals surface area contributed by atoms with Gasteiger partial charge in [0.05, 0.1) is 7.11 Å². The summed E-state index contributed by atoms with van der Waals surface area (Å²) in [4.78, 5) is 0. The Morgan fingerprint density at radius 1 is 1.27 bits per heavy atom. The molecular formula is C13H21NO. The molecule has 0 aromatic heterocycles. The Kier molecular flexibility index (Phi) is 4.15. The minimum absolute atomic E-state index is 0.541. The van der Waals surface area contributed by atoms with Crippen LogP contribution in [0.5, 0.6) is 5.75 Å². The van der Waals surface area contributed by atoms with Gasteiger partial charge in [-0.25, -0.2) is 0 Å². The van der Waals surface area contributed by atoms with Crippen molar-refractivity contribution in [1.82, 2.24) is 5.32 Å². The van der Waals surface area contributed by atoms with Gasteiger partial charge in [0.1, 0.15) is 5.75 Å². The quantitative estimate of drug-likeness (QED) is 0.819. The predicted octanol–water partition coefficient (Wildman–Crippen LogP) is 2.63. The summed E-state index contributed by atoms with van der Waals surface area (Å²) in [7, 11) is 3.71. The average Bonchev–Trinajstić information content (AvgIpc) is 2.21. The van der Waals surface area contributed by atoms with Crippen molar-refractivity contribution in [3.05, 3.63) is 28.8 Å². The minimum atomic E-state index is 0.541. The first-order valence-electron chi connectivity index (χ1n) is 5.39. The van der Waals surface area contributed by atoms with Gasteiger partial charge in [-0.1, -0.05) is 13.0 Å². The van der Waals surface area contributed by atoms with Gasteiger partial charge in [0.2, 0.25) is 0 Å². The second kappa shape index (κ2) is 5.17. The maximum Gasteiger partial charge on any atom is 0.122 e. The molecular weight excluding hydrogens is 186 g/mol. The van der Waals surface area contributed by atoms with Crippen molar-refractivity contribution in [1.29, 1.82) is 0 Å². The summed E-state index contributed by atoms with van der Waals surface area (Å²) in [5, 5.41) is 3.21. The van der Waals surface area contributed by atoms with Crippen LogP contribution in [-0.4, -0.2) is 20.7 Å². The molecule has 0 spiro atoms. The Hall–Kier alpha value is -1.02. The average molecular weight is 207 g/mol. The summed E-state index contributed by atoms with van der Waals surface area (Å²) in [6.45, 7) is 7.48. The fourth-order valence-electron chi connectivity index (χ4n) is 1.98. The van der Waals surface area contributed by atoms with E-state index in [1.165, 1.54) is 16.7 Å².